The number of methoxy groups -OCH3 is 1. The summed E-state index contributed by atoms with van der Waals surface area (Å²) in [5.41, 5.74) is 1.89. The first-order valence-corrected chi connectivity index (χ1v) is 9.45. The quantitative estimate of drug-likeness (QED) is 0.540. The Morgan fingerprint density at radius 1 is 1.21 bits per heavy atom. The number of benzene rings is 1. The molecule has 1 aromatic carbocycles. The van der Waals surface area contributed by atoms with Crippen LogP contribution in [0.5, 0.6) is 5.75 Å². The van der Waals surface area contributed by atoms with Gasteiger partial charge in [0, 0.05) is 23.0 Å². The van der Waals surface area contributed by atoms with E-state index in [1.54, 1.807) is 25.5 Å². The smallest absolute Gasteiger partial charge is 0.350 e. The van der Waals surface area contributed by atoms with Gasteiger partial charge in [-0.2, -0.15) is 5.10 Å². The van der Waals surface area contributed by atoms with Crippen LogP contribution in [-0.4, -0.2) is 28.0 Å². The Morgan fingerprint density at radius 2 is 2.00 bits per heavy atom. The van der Waals surface area contributed by atoms with Crippen molar-refractivity contribution in [2.75, 3.05) is 7.11 Å². The highest BCUT2D eigenvalue weighted by molar-refractivity contribution is 6.04. The normalized spacial score (nSPS) is 22.9. The number of ether oxygens (including phenoxy) is 1. The van der Waals surface area contributed by atoms with Crippen LogP contribution in [0.2, 0.25) is 0 Å². The molecule has 0 fully saturated rings. The number of nitrogens with one attached hydrogen (secondary N) is 2. The number of H-pyrrole nitrogens is 2. The zero-order valence-electron chi connectivity index (χ0n) is 16.4. The lowest BCUT2D eigenvalue weighted by Crippen LogP contribution is -2.33. The standard InChI is InChI=1S/C21H24N4O3/c1-11-7-12(2)16(13(3)8-11)10-22-25-20(26)19-18(24-21(25)27)15-9-14(28-4)5-6-17(15)23-19/h5-7,9-10,12-13,16,23H,8H2,1-4H3,(H,24,27)/b22-10-/t12-,13-,16-/m1/s1. The third kappa shape index (κ3) is 2.96. The molecular weight excluding hydrogens is 356 g/mol. The van der Waals surface area contributed by atoms with E-state index in [2.05, 4.69) is 41.9 Å². The molecule has 0 radical (unpaired) electrons. The second-order valence-electron chi connectivity index (χ2n) is 7.73. The van der Waals surface area contributed by atoms with Gasteiger partial charge in [-0.1, -0.05) is 25.5 Å². The maximum Gasteiger partial charge on any atom is 0.350 e. The summed E-state index contributed by atoms with van der Waals surface area (Å²) in [6, 6.07) is 5.41. The largest absolute Gasteiger partial charge is 0.497 e. The highest BCUT2D eigenvalue weighted by Crippen LogP contribution is 2.32. The lowest BCUT2D eigenvalue weighted by Gasteiger charge is -2.29. The first kappa shape index (κ1) is 18.3. The Morgan fingerprint density at radius 3 is 2.71 bits per heavy atom. The molecule has 0 saturated heterocycles. The second kappa shape index (κ2) is 6.82. The van der Waals surface area contributed by atoms with Crippen LogP contribution in [0.4, 0.5) is 0 Å². The summed E-state index contributed by atoms with van der Waals surface area (Å²) >= 11 is 0. The van der Waals surface area contributed by atoms with Crippen molar-refractivity contribution in [3.63, 3.8) is 0 Å². The van der Waals surface area contributed by atoms with Crippen LogP contribution in [0.25, 0.3) is 21.9 Å². The van der Waals surface area contributed by atoms with Gasteiger partial charge in [0.1, 0.15) is 11.3 Å². The molecule has 2 N–H and O–H groups in total. The van der Waals surface area contributed by atoms with Gasteiger partial charge < -0.3 is 14.7 Å². The summed E-state index contributed by atoms with van der Waals surface area (Å²) in [4.78, 5) is 31.4. The maximum atomic E-state index is 12.9. The average Bonchev–Trinajstić information content (AvgIpc) is 3.01. The van der Waals surface area contributed by atoms with Crippen molar-refractivity contribution in [2.24, 2.45) is 22.9 Å². The lowest BCUT2D eigenvalue weighted by molar-refractivity contribution is 0.361. The molecule has 1 aliphatic carbocycles. The summed E-state index contributed by atoms with van der Waals surface area (Å²) in [7, 11) is 1.57. The molecule has 0 bridgehead atoms. The molecule has 2 aromatic heterocycles. The molecule has 146 valence electrons. The lowest BCUT2D eigenvalue weighted by atomic mass is 9.76. The van der Waals surface area contributed by atoms with Crippen molar-refractivity contribution in [1.82, 2.24) is 14.6 Å². The Bertz CT molecular complexity index is 1230. The van der Waals surface area contributed by atoms with E-state index in [9.17, 15) is 9.59 Å². The number of hydrogen-bond donors (Lipinski definition) is 2. The minimum atomic E-state index is -0.555. The van der Waals surface area contributed by atoms with Gasteiger partial charge in [0.15, 0.2) is 0 Å². The number of allylic oxidation sites excluding steroid dienone is 2. The first-order chi connectivity index (χ1) is 13.4. The molecule has 0 aliphatic heterocycles. The fourth-order valence-corrected chi connectivity index (χ4v) is 4.27. The average molecular weight is 380 g/mol. The topological polar surface area (TPSA) is 92.2 Å². The molecule has 0 amide bonds. The molecule has 3 aromatic rings. The highest BCUT2D eigenvalue weighted by Gasteiger charge is 2.25. The SMILES string of the molecule is COc1ccc2[nH]c3c(=O)n(/N=C\[C@@H]4[C@H](C)C=C(C)C[C@H]4C)c(=O)[nH]c3c2c1. The van der Waals surface area contributed by atoms with Gasteiger partial charge in [-0.3, -0.25) is 4.79 Å². The molecule has 7 nitrogen and oxygen atoms in total. The van der Waals surface area contributed by atoms with Crippen molar-refractivity contribution in [2.45, 2.75) is 27.2 Å². The molecule has 4 rings (SSSR count). The molecule has 0 saturated carbocycles. The number of hydrogen-bond acceptors (Lipinski definition) is 4. The van der Waals surface area contributed by atoms with Crippen LogP contribution in [0, 0.1) is 17.8 Å². The summed E-state index contributed by atoms with van der Waals surface area (Å²) in [5.74, 6) is 1.55. The summed E-state index contributed by atoms with van der Waals surface area (Å²) < 4.78 is 6.14. The van der Waals surface area contributed by atoms with Crippen molar-refractivity contribution in [3.8, 4) is 5.75 Å². The van der Waals surface area contributed by atoms with E-state index in [0.29, 0.717) is 28.6 Å². The second-order valence-corrected chi connectivity index (χ2v) is 7.73. The first-order valence-electron chi connectivity index (χ1n) is 9.45. The van der Waals surface area contributed by atoms with Gasteiger partial charge in [0.25, 0.3) is 0 Å². The van der Waals surface area contributed by atoms with Crippen molar-refractivity contribution in [1.29, 1.82) is 0 Å². The number of aromatic nitrogens is 3. The van der Waals surface area contributed by atoms with Crippen LogP contribution >= 0.6 is 0 Å². The van der Waals surface area contributed by atoms with Crippen LogP contribution < -0.4 is 16.0 Å². The predicted molar refractivity (Wildman–Crippen MR) is 111 cm³/mol. The molecule has 0 spiro atoms. The van der Waals surface area contributed by atoms with Gasteiger partial charge in [-0.05, 0) is 43.4 Å². The zero-order valence-corrected chi connectivity index (χ0v) is 16.4. The molecule has 2 heterocycles. The van der Waals surface area contributed by atoms with E-state index in [1.807, 2.05) is 6.07 Å². The third-order valence-corrected chi connectivity index (χ3v) is 5.65. The monoisotopic (exact) mass is 380 g/mol. The minimum Gasteiger partial charge on any atom is -0.497 e. The number of rotatable bonds is 3. The Hall–Kier alpha value is -3.09. The van der Waals surface area contributed by atoms with E-state index in [4.69, 9.17) is 4.74 Å². The summed E-state index contributed by atoms with van der Waals surface area (Å²) in [5, 5.41) is 5.00. The maximum absolute atomic E-state index is 12.9. The number of nitrogens with zero attached hydrogens (tertiary/aromatic N) is 2. The van der Waals surface area contributed by atoms with E-state index in [1.165, 1.54) is 5.57 Å². The van der Waals surface area contributed by atoms with Crippen LogP contribution in [0.3, 0.4) is 0 Å². The van der Waals surface area contributed by atoms with Crippen molar-refractivity contribution < 1.29 is 4.74 Å². The summed E-state index contributed by atoms with van der Waals surface area (Å²) in [6.45, 7) is 6.44. The Kier molecular flexibility index (Phi) is 4.45. The van der Waals surface area contributed by atoms with E-state index >= 15 is 0 Å². The van der Waals surface area contributed by atoms with Crippen molar-refractivity contribution >= 4 is 28.2 Å². The van der Waals surface area contributed by atoms with E-state index in [0.717, 1.165) is 22.0 Å². The molecular formula is C21H24N4O3. The van der Waals surface area contributed by atoms with E-state index in [-0.39, 0.29) is 5.92 Å². The van der Waals surface area contributed by atoms with E-state index < -0.39 is 11.2 Å². The number of aromatic amines is 2. The van der Waals surface area contributed by atoms with Gasteiger partial charge in [0.05, 0.1) is 12.6 Å². The Labute approximate surface area is 161 Å². The van der Waals surface area contributed by atoms with Gasteiger partial charge in [-0.15, -0.1) is 4.68 Å². The van der Waals surface area contributed by atoms with Crippen LogP contribution in [0.15, 0.2) is 44.5 Å². The zero-order chi connectivity index (χ0) is 20.0. The number of fused-ring (bicyclic) bond motifs is 3. The van der Waals surface area contributed by atoms with Crippen LogP contribution in [-0.2, 0) is 0 Å². The summed E-state index contributed by atoms with van der Waals surface area (Å²) in [6.07, 6.45) is 4.97. The molecule has 28 heavy (non-hydrogen) atoms. The van der Waals surface area contributed by atoms with Gasteiger partial charge >= 0.3 is 11.2 Å². The minimum absolute atomic E-state index is 0.178. The Balaban J connectivity index is 1.81. The van der Waals surface area contributed by atoms with Crippen LogP contribution in [0.1, 0.15) is 27.2 Å². The highest BCUT2D eigenvalue weighted by atomic mass is 16.5. The van der Waals surface area contributed by atoms with Crippen molar-refractivity contribution in [3.05, 3.63) is 50.7 Å². The third-order valence-electron chi connectivity index (χ3n) is 5.65. The predicted octanol–water partition coefficient (Wildman–Crippen LogP) is 3.25. The molecule has 1 aliphatic rings. The fourth-order valence-electron chi connectivity index (χ4n) is 4.27. The fraction of sp³-hybridized carbons (Fsp3) is 0.381. The van der Waals surface area contributed by atoms with Gasteiger partial charge in [0.2, 0.25) is 0 Å². The molecule has 3 atom stereocenters. The molecule has 7 heteroatoms. The molecule has 0 unspecified atom stereocenters. The van der Waals surface area contributed by atoms with Gasteiger partial charge in [-0.25, -0.2) is 4.79 Å².